The summed E-state index contributed by atoms with van der Waals surface area (Å²) >= 11 is 12.3. The van der Waals surface area contributed by atoms with Gasteiger partial charge in [0.15, 0.2) is 0 Å². The molecule has 0 aliphatic rings. The minimum absolute atomic E-state index is 0.0370. The van der Waals surface area contributed by atoms with Crippen LogP contribution < -0.4 is 9.62 Å². The zero-order chi connectivity index (χ0) is 29.4. The van der Waals surface area contributed by atoms with E-state index >= 15 is 0 Å². The molecule has 2 atom stereocenters. The van der Waals surface area contributed by atoms with Crippen LogP contribution in [-0.2, 0) is 26.2 Å². The number of anilines is 1. The fourth-order valence-corrected chi connectivity index (χ4v) is 5.91. The number of carbonyl (C=O) groups excluding carboxylic acids is 2. The van der Waals surface area contributed by atoms with Crippen molar-refractivity contribution in [2.45, 2.75) is 64.1 Å². The van der Waals surface area contributed by atoms with E-state index in [1.165, 1.54) is 17.0 Å². The summed E-state index contributed by atoms with van der Waals surface area (Å²) in [6.45, 7) is 7.09. The Balaban J connectivity index is 2.06. The van der Waals surface area contributed by atoms with Crippen molar-refractivity contribution in [1.82, 2.24) is 10.2 Å². The van der Waals surface area contributed by atoms with Gasteiger partial charge in [-0.3, -0.25) is 13.9 Å². The first kappa shape index (κ1) is 31.5. The van der Waals surface area contributed by atoms with E-state index in [4.69, 9.17) is 23.2 Å². The van der Waals surface area contributed by atoms with E-state index in [0.717, 1.165) is 16.3 Å². The maximum Gasteiger partial charge on any atom is 0.264 e. The number of sulfonamides is 1. The van der Waals surface area contributed by atoms with Gasteiger partial charge in [-0.05, 0) is 68.7 Å². The second kappa shape index (κ2) is 14.0. The molecule has 10 heteroatoms. The Kier molecular flexibility index (Phi) is 11.0. The normalized spacial score (nSPS) is 12.8. The molecule has 0 unspecified atom stereocenters. The van der Waals surface area contributed by atoms with Gasteiger partial charge in [-0.15, -0.1) is 0 Å². The van der Waals surface area contributed by atoms with Crippen molar-refractivity contribution in [2.75, 3.05) is 10.8 Å². The molecule has 0 saturated carbocycles. The Morgan fingerprint density at radius 3 is 2.12 bits per heavy atom. The Morgan fingerprint density at radius 1 is 0.900 bits per heavy atom. The number of aryl methyl sites for hydroxylation is 1. The topological polar surface area (TPSA) is 86.8 Å². The highest BCUT2D eigenvalue weighted by atomic mass is 35.5. The lowest BCUT2D eigenvalue weighted by Gasteiger charge is -2.33. The Hall–Kier alpha value is -3.07. The van der Waals surface area contributed by atoms with Gasteiger partial charge in [-0.1, -0.05) is 79.0 Å². The quantitative estimate of drug-likeness (QED) is 0.266. The number of hydrogen-bond donors (Lipinski definition) is 1. The minimum Gasteiger partial charge on any atom is -0.352 e. The lowest BCUT2D eigenvalue weighted by molar-refractivity contribution is -0.140. The molecule has 40 heavy (non-hydrogen) atoms. The summed E-state index contributed by atoms with van der Waals surface area (Å²) in [5, 5.41) is 3.64. The van der Waals surface area contributed by atoms with E-state index in [1.54, 1.807) is 60.7 Å². The van der Waals surface area contributed by atoms with Gasteiger partial charge >= 0.3 is 0 Å². The van der Waals surface area contributed by atoms with E-state index in [2.05, 4.69) is 5.32 Å². The van der Waals surface area contributed by atoms with Crippen LogP contribution in [0.5, 0.6) is 0 Å². The van der Waals surface area contributed by atoms with Crippen molar-refractivity contribution in [3.05, 3.63) is 94.0 Å². The van der Waals surface area contributed by atoms with Crippen molar-refractivity contribution < 1.29 is 18.0 Å². The van der Waals surface area contributed by atoms with Gasteiger partial charge in [0.25, 0.3) is 10.0 Å². The van der Waals surface area contributed by atoms with Crippen molar-refractivity contribution >= 4 is 50.7 Å². The van der Waals surface area contributed by atoms with Gasteiger partial charge in [-0.25, -0.2) is 8.42 Å². The standard InChI is InChI=1S/C30H35Cl2N3O4S/c1-5-22(4)33-30(37)28(6-2)34(19-23-14-17-26(31)27(32)18-23)29(36)20-35(24-15-12-21(3)13-16-24)40(38,39)25-10-8-7-9-11-25/h7-18,22,28H,5-6,19-20H2,1-4H3,(H,33,37)/t22-,28-/m0/s1. The number of rotatable bonds is 12. The van der Waals surface area contributed by atoms with Crippen LogP contribution in [0.1, 0.15) is 44.7 Å². The number of nitrogens with zero attached hydrogens (tertiary/aromatic N) is 2. The molecule has 3 aromatic rings. The third-order valence-corrected chi connectivity index (χ3v) is 9.18. The fourth-order valence-electron chi connectivity index (χ4n) is 4.15. The van der Waals surface area contributed by atoms with Gasteiger partial charge in [0.05, 0.1) is 20.6 Å². The molecule has 3 aromatic carbocycles. The monoisotopic (exact) mass is 603 g/mol. The molecule has 0 aliphatic heterocycles. The average Bonchev–Trinajstić information content (AvgIpc) is 2.94. The number of carbonyl (C=O) groups is 2. The summed E-state index contributed by atoms with van der Waals surface area (Å²) in [7, 11) is -4.11. The molecule has 0 heterocycles. The lowest BCUT2D eigenvalue weighted by Crippen LogP contribution is -2.53. The predicted molar refractivity (Wildman–Crippen MR) is 161 cm³/mol. The highest BCUT2D eigenvalue weighted by molar-refractivity contribution is 7.92. The fraction of sp³-hybridized carbons (Fsp3) is 0.333. The molecule has 1 N–H and O–H groups in total. The summed E-state index contributed by atoms with van der Waals surface area (Å²) < 4.78 is 28.7. The highest BCUT2D eigenvalue weighted by Crippen LogP contribution is 2.27. The molecular formula is C30H35Cl2N3O4S. The molecule has 0 spiro atoms. The van der Waals surface area contributed by atoms with E-state index in [1.807, 2.05) is 27.7 Å². The maximum atomic E-state index is 14.1. The van der Waals surface area contributed by atoms with Gasteiger partial charge in [-0.2, -0.15) is 0 Å². The third kappa shape index (κ3) is 7.77. The molecule has 2 amide bonds. The first-order valence-corrected chi connectivity index (χ1v) is 15.4. The van der Waals surface area contributed by atoms with Crippen molar-refractivity contribution in [2.24, 2.45) is 0 Å². The summed E-state index contributed by atoms with van der Waals surface area (Å²) in [4.78, 5) is 28.9. The SMILES string of the molecule is CC[C@H](C)NC(=O)[C@H](CC)N(Cc1ccc(Cl)c(Cl)c1)C(=O)CN(c1ccc(C)cc1)S(=O)(=O)c1ccccc1. The number of amides is 2. The average molecular weight is 605 g/mol. The van der Waals surface area contributed by atoms with Crippen LogP contribution >= 0.6 is 23.2 Å². The van der Waals surface area contributed by atoms with Crippen LogP contribution in [0.25, 0.3) is 0 Å². The maximum absolute atomic E-state index is 14.1. The van der Waals surface area contributed by atoms with Crippen LogP contribution in [0, 0.1) is 6.92 Å². The molecule has 0 aliphatic carbocycles. The summed E-state index contributed by atoms with van der Waals surface area (Å²) in [5.41, 5.74) is 1.95. The summed E-state index contributed by atoms with van der Waals surface area (Å²) in [6, 6.07) is 18.9. The molecule has 0 fully saturated rings. The molecule has 3 rings (SSSR count). The Bertz CT molecular complexity index is 1420. The minimum atomic E-state index is -4.11. The van der Waals surface area contributed by atoms with E-state index in [-0.39, 0.29) is 23.4 Å². The molecule has 0 radical (unpaired) electrons. The smallest absolute Gasteiger partial charge is 0.264 e. The molecule has 214 valence electrons. The second-order valence-corrected chi connectivity index (χ2v) is 12.3. The van der Waals surface area contributed by atoms with E-state index < -0.39 is 28.5 Å². The van der Waals surface area contributed by atoms with Crippen molar-refractivity contribution in [3.8, 4) is 0 Å². The lowest BCUT2D eigenvalue weighted by atomic mass is 10.1. The van der Waals surface area contributed by atoms with Crippen LogP contribution in [0.3, 0.4) is 0 Å². The molecule has 0 saturated heterocycles. The van der Waals surface area contributed by atoms with Gasteiger partial charge < -0.3 is 10.2 Å². The molecule has 0 aromatic heterocycles. The zero-order valence-corrected chi connectivity index (χ0v) is 25.4. The molecular weight excluding hydrogens is 569 g/mol. The van der Waals surface area contributed by atoms with Gasteiger partial charge in [0.2, 0.25) is 11.8 Å². The van der Waals surface area contributed by atoms with Crippen molar-refractivity contribution in [1.29, 1.82) is 0 Å². The van der Waals surface area contributed by atoms with E-state index in [0.29, 0.717) is 27.7 Å². The largest absolute Gasteiger partial charge is 0.352 e. The number of benzene rings is 3. The van der Waals surface area contributed by atoms with Crippen LogP contribution in [0.2, 0.25) is 10.0 Å². The molecule has 7 nitrogen and oxygen atoms in total. The number of halogens is 2. The van der Waals surface area contributed by atoms with E-state index in [9.17, 15) is 18.0 Å². The third-order valence-electron chi connectivity index (χ3n) is 6.66. The Labute approximate surface area is 247 Å². The summed E-state index contributed by atoms with van der Waals surface area (Å²) in [6.07, 6.45) is 1.05. The highest BCUT2D eigenvalue weighted by Gasteiger charge is 2.34. The second-order valence-electron chi connectivity index (χ2n) is 9.67. The predicted octanol–water partition coefficient (Wildman–Crippen LogP) is 6.22. The number of nitrogens with one attached hydrogen (secondary N) is 1. The van der Waals surface area contributed by atoms with Crippen LogP contribution in [0.15, 0.2) is 77.7 Å². The molecule has 0 bridgehead atoms. The number of hydrogen-bond acceptors (Lipinski definition) is 4. The first-order chi connectivity index (χ1) is 19.0. The van der Waals surface area contributed by atoms with Gasteiger partial charge in [0.1, 0.15) is 12.6 Å². The summed E-state index contributed by atoms with van der Waals surface area (Å²) in [5.74, 6) is -0.838. The first-order valence-electron chi connectivity index (χ1n) is 13.2. The Morgan fingerprint density at radius 2 is 1.55 bits per heavy atom. The van der Waals surface area contributed by atoms with Crippen LogP contribution in [-0.4, -0.2) is 43.8 Å². The van der Waals surface area contributed by atoms with Gasteiger partial charge in [0, 0.05) is 12.6 Å². The van der Waals surface area contributed by atoms with Crippen molar-refractivity contribution in [3.63, 3.8) is 0 Å². The zero-order valence-electron chi connectivity index (χ0n) is 23.1. The van der Waals surface area contributed by atoms with Crippen LogP contribution in [0.4, 0.5) is 5.69 Å².